The minimum absolute atomic E-state index is 0.0276. The number of halogens is 1. The smallest absolute Gasteiger partial charge is 0.325 e. The zero-order chi connectivity index (χ0) is 29.6. The minimum Gasteiger partial charge on any atom is -0.369 e. The zero-order valence-electron chi connectivity index (χ0n) is 21.5. The second-order valence-electron chi connectivity index (χ2n) is 9.15. The highest BCUT2D eigenvalue weighted by molar-refractivity contribution is 8.07. The van der Waals surface area contributed by atoms with Crippen LogP contribution in [0.3, 0.4) is 0 Å². The van der Waals surface area contributed by atoms with Crippen molar-refractivity contribution in [2.45, 2.75) is 37.8 Å². The Morgan fingerprint density at radius 3 is 2.74 bits per heavy atom. The number of nitrogens with two attached hydrogens (primary N) is 1. The fourth-order valence-corrected chi connectivity index (χ4v) is 6.89. The molecule has 0 saturated carbocycles. The van der Waals surface area contributed by atoms with Gasteiger partial charge in [0.05, 0.1) is 31.8 Å². The van der Waals surface area contributed by atoms with Crippen LogP contribution in [0.5, 0.6) is 0 Å². The van der Waals surface area contributed by atoms with Gasteiger partial charge >= 0.3 is 13.4 Å². The largest absolute Gasteiger partial charge is 0.369 e. The first-order chi connectivity index (χ1) is 20.0. The number of imidazole rings is 1. The Bertz CT molecular complexity index is 1640. The van der Waals surface area contributed by atoms with Crippen LogP contribution in [0.15, 0.2) is 42.4 Å². The Labute approximate surface area is 247 Å². The van der Waals surface area contributed by atoms with Crippen molar-refractivity contribution in [1.29, 1.82) is 0 Å². The first kappa shape index (κ1) is 29.5. The number of pyridine rings is 1. The first-order valence-corrected chi connectivity index (χ1v) is 17.5. The maximum atomic E-state index is 15.9. The van der Waals surface area contributed by atoms with Gasteiger partial charge in [0.2, 0.25) is 0 Å². The SMILES string of the molecule is C=C1NC(N)=Nc2c1ncn2[C@@H]1O[C@@H]2COP(O)(=S)OCCn3nc(-c4ccncc4)nc3COP(O)(=S)O[C@@H]1[C@@H]2F. The van der Waals surface area contributed by atoms with Gasteiger partial charge in [-0.25, -0.2) is 19.0 Å². The lowest BCUT2D eigenvalue weighted by Crippen LogP contribution is -2.33. The van der Waals surface area contributed by atoms with Gasteiger partial charge in [0.15, 0.2) is 35.8 Å². The molecule has 224 valence electrons. The first-order valence-electron chi connectivity index (χ1n) is 12.3. The van der Waals surface area contributed by atoms with Crippen molar-refractivity contribution < 1.29 is 37.0 Å². The Morgan fingerprint density at radius 2 is 1.95 bits per heavy atom. The normalized spacial score (nSPS) is 32.2. The molecule has 5 N–H and O–H groups in total. The molecular formula is C21H24FN9O7P2S2. The quantitative estimate of drug-likeness (QED) is 0.288. The fraction of sp³-hybridized carbons (Fsp3) is 0.381. The van der Waals surface area contributed by atoms with Crippen molar-refractivity contribution >= 4 is 54.5 Å². The van der Waals surface area contributed by atoms with E-state index in [-0.39, 0.29) is 37.4 Å². The molecule has 16 nitrogen and oxygen atoms in total. The molecule has 6 heterocycles. The molecule has 21 heteroatoms. The molecule has 2 bridgehead atoms. The second-order valence-corrected chi connectivity index (χ2v) is 14.8. The molecule has 0 radical (unpaired) electrons. The Hall–Kier alpha value is -2.54. The number of aliphatic imine (C=N–C) groups is 1. The number of hydrogen-bond acceptors (Lipinski definition) is 14. The fourth-order valence-electron chi connectivity index (χ4n) is 4.44. The lowest BCUT2D eigenvalue weighted by molar-refractivity contribution is -0.0474. The summed E-state index contributed by atoms with van der Waals surface area (Å²) in [5.41, 5.74) is 7.22. The van der Waals surface area contributed by atoms with E-state index in [1.807, 2.05) is 0 Å². The molecule has 0 amide bonds. The maximum absolute atomic E-state index is 15.9. The summed E-state index contributed by atoms with van der Waals surface area (Å²) in [5.74, 6) is 0.811. The van der Waals surface area contributed by atoms with Crippen LogP contribution in [0, 0.1) is 0 Å². The van der Waals surface area contributed by atoms with Gasteiger partial charge in [-0.05, 0) is 35.7 Å². The number of nitrogens with zero attached hydrogens (tertiary/aromatic N) is 7. The van der Waals surface area contributed by atoms with Crippen molar-refractivity contribution in [3.63, 3.8) is 0 Å². The number of guanidine groups is 1. The summed E-state index contributed by atoms with van der Waals surface area (Å²) in [6.07, 6.45) is -1.55. The van der Waals surface area contributed by atoms with Crippen molar-refractivity contribution in [2.24, 2.45) is 10.7 Å². The van der Waals surface area contributed by atoms with Gasteiger partial charge in [-0.3, -0.25) is 14.1 Å². The third-order valence-electron chi connectivity index (χ3n) is 6.36. The molecule has 2 unspecified atom stereocenters. The topological polar surface area (TPSA) is 198 Å². The molecule has 1 saturated heterocycles. The van der Waals surface area contributed by atoms with Crippen LogP contribution in [0.4, 0.5) is 10.2 Å². The Kier molecular flexibility index (Phi) is 8.10. The van der Waals surface area contributed by atoms with Gasteiger partial charge in [-0.15, -0.1) is 0 Å². The lowest BCUT2D eigenvalue weighted by atomic mass is 10.1. The Morgan fingerprint density at radius 1 is 1.17 bits per heavy atom. The molecule has 6 atom stereocenters. The number of aromatic nitrogens is 6. The number of hydrogen-bond donors (Lipinski definition) is 4. The van der Waals surface area contributed by atoms with Crippen LogP contribution in [-0.2, 0) is 59.6 Å². The van der Waals surface area contributed by atoms with Gasteiger partial charge in [0.1, 0.15) is 24.5 Å². The van der Waals surface area contributed by atoms with Crippen LogP contribution in [0.25, 0.3) is 17.1 Å². The number of nitrogens with one attached hydrogen (secondary N) is 1. The van der Waals surface area contributed by atoms with Crippen LogP contribution >= 0.6 is 13.4 Å². The summed E-state index contributed by atoms with van der Waals surface area (Å²) >= 11 is 10.4. The highest BCUT2D eigenvalue weighted by Gasteiger charge is 2.51. The molecule has 0 aromatic carbocycles. The van der Waals surface area contributed by atoms with Crippen molar-refractivity contribution in [3.05, 3.63) is 49.0 Å². The monoisotopic (exact) mass is 659 g/mol. The molecule has 6 rings (SSSR count). The highest BCUT2D eigenvalue weighted by Crippen LogP contribution is 2.52. The average molecular weight is 660 g/mol. The average Bonchev–Trinajstić information content (AvgIpc) is 3.63. The van der Waals surface area contributed by atoms with E-state index in [9.17, 15) is 9.79 Å². The van der Waals surface area contributed by atoms with Gasteiger partial charge in [-0.1, -0.05) is 6.58 Å². The molecule has 42 heavy (non-hydrogen) atoms. The molecule has 3 aromatic heterocycles. The minimum atomic E-state index is -4.13. The second kappa shape index (κ2) is 11.5. The maximum Gasteiger partial charge on any atom is 0.325 e. The predicted molar refractivity (Wildman–Crippen MR) is 152 cm³/mol. The standard InChI is InChI=1S/C21H24FN9O7P2S2/c1-11-16-19(28-21(23)26-11)30(10-25-16)20-17-15(22)13(37-20)8-35-39(32,41)34-7-6-31-14(9-36-40(33,42)38-17)27-18(29-31)12-2-4-24-5-3-12/h2-5,10,13,15,17,20H,1,6-9H2,(H,32,41)(H,33,42)(H3,23,26,28)/t13-,15-,17-,20-,39?,40?/m1/s1. The number of rotatable bonds is 2. The third-order valence-corrected chi connectivity index (χ3v) is 9.51. The summed E-state index contributed by atoms with van der Waals surface area (Å²) in [7, 11) is 0. The van der Waals surface area contributed by atoms with E-state index in [0.717, 1.165) is 0 Å². The molecular weight excluding hydrogens is 635 g/mol. The van der Waals surface area contributed by atoms with Crippen LogP contribution in [0.2, 0.25) is 0 Å². The zero-order valence-corrected chi connectivity index (χ0v) is 24.9. The van der Waals surface area contributed by atoms with Crippen LogP contribution < -0.4 is 11.1 Å². The summed E-state index contributed by atoms with van der Waals surface area (Å²) in [4.78, 5) is 38.6. The number of alkyl halides is 1. The molecule has 3 aromatic rings. The molecule has 3 aliphatic heterocycles. The molecule has 1 fully saturated rings. The third kappa shape index (κ3) is 6.09. The lowest BCUT2D eigenvalue weighted by Gasteiger charge is -2.26. The summed E-state index contributed by atoms with van der Waals surface area (Å²) in [6.45, 7) is -5.00. The number of fused-ring (bicyclic) bond motifs is 4. The van der Waals surface area contributed by atoms with E-state index < -0.39 is 44.7 Å². The van der Waals surface area contributed by atoms with E-state index >= 15 is 4.39 Å². The summed E-state index contributed by atoms with van der Waals surface area (Å²) in [5, 5.41) is 7.22. The Balaban J connectivity index is 1.33. The van der Waals surface area contributed by atoms with E-state index in [1.165, 1.54) is 15.6 Å². The van der Waals surface area contributed by atoms with E-state index in [4.69, 9.17) is 52.2 Å². The van der Waals surface area contributed by atoms with Gasteiger partial charge in [-0.2, -0.15) is 10.1 Å². The highest BCUT2D eigenvalue weighted by atomic mass is 32.5. The van der Waals surface area contributed by atoms with Crippen LogP contribution in [0.1, 0.15) is 17.7 Å². The van der Waals surface area contributed by atoms with E-state index in [0.29, 0.717) is 22.8 Å². The van der Waals surface area contributed by atoms with Crippen molar-refractivity contribution in [3.8, 4) is 11.4 Å². The molecule has 0 spiro atoms. The van der Waals surface area contributed by atoms with Crippen LogP contribution in [-0.4, -0.2) is 76.6 Å². The van der Waals surface area contributed by atoms with Gasteiger partial charge in [0.25, 0.3) is 0 Å². The predicted octanol–water partition coefficient (Wildman–Crippen LogP) is 1.37. The molecule has 0 aliphatic carbocycles. The summed E-state index contributed by atoms with van der Waals surface area (Å²) < 4.78 is 46.8. The van der Waals surface area contributed by atoms with Crippen molar-refractivity contribution in [2.75, 3.05) is 13.2 Å². The molecule has 3 aliphatic rings. The van der Waals surface area contributed by atoms with E-state index in [2.05, 4.69) is 36.9 Å². The van der Waals surface area contributed by atoms with E-state index in [1.54, 1.807) is 24.5 Å². The van der Waals surface area contributed by atoms with Crippen molar-refractivity contribution in [1.82, 2.24) is 34.6 Å². The van der Waals surface area contributed by atoms with Gasteiger partial charge in [0, 0.05) is 18.0 Å². The van der Waals surface area contributed by atoms with Gasteiger partial charge < -0.3 is 39.1 Å². The number of ether oxygens (including phenoxy) is 1. The summed E-state index contributed by atoms with van der Waals surface area (Å²) in [6, 6.07) is 3.42.